The van der Waals surface area contributed by atoms with Crippen molar-refractivity contribution in [2.45, 2.75) is 18.9 Å². The van der Waals surface area contributed by atoms with Crippen molar-refractivity contribution in [2.24, 2.45) is 5.73 Å². The largest absolute Gasteiger partial charge is 0.368 e. The zero-order valence-electron chi connectivity index (χ0n) is 12.2. The van der Waals surface area contributed by atoms with Crippen molar-refractivity contribution in [3.05, 3.63) is 59.9 Å². The zero-order chi connectivity index (χ0) is 15.4. The molecule has 4 heteroatoms. The highest BCUT2D eigenvalue weighted by Crippen LogP contribution is 2.24. The van der Waals surface area contributed by atoms with Crippen LogP contribution in [0.4, 0.5) is 5.69 Å². The number of aromatic nitrogens is 1. The van der Waals surface area contributed by atoms with E-state index in [1.165, 1.54) is 0 Å². The van der Waals surface area contributed by atoms with Crippen LogP contribution in [0.3, 0.4) is 0 Å². The number of anilines is 1. The summed E-state index contributed by atoms with van der Waals surface area (Å²) < 4.78 is 0. The van der Waals surface area contributed by atoms with Crippen molar-refractivity contribution in [3.8, 4) is 11.8 Å². The van der Waals surface area contributed by atoms with Crippen LogP contribution in [-0.4, -0.2) is 23.5 Å². The number of benzene rings is 1. The van der Waals surface area contributed by atoms with E-state index in [1.54, 1.807) is 6.20 Å². The van der Waals surface area contributed by atoms with E-state index in [1.807, 2.05) is 47.4 Å². The molecule has 110 valence electrons. The van der Waals surface area contributed by atoms with Gasteiger partial charge >= 0.3 is 0 Å². The second kappa shape index (κ2) is 6.31. The van der Waals surface area contributed by atoms with Crippen LogP contribution in [0.15, 0.2) is 48.7 Å². The molecule has 1 atom stereocenters. The number of nitrogens with two attached hydrogens (primary N) is 1. The van der Waals surface area contributed by atoms with Gasteiger partial charge in [0, 0.05) is 12.1 Å². The molecule has 1 aromatic carbocycles. The van der Waals surface area contributed by atoms with Crippen LogP contribution in [0.5, 0.6) is 0 Å². The third-order valence-electron chi connectivity index (χ3n) is 3.77. The smallest absolute Gasteiger partial charge is 0.240 e. The molecule has 1 aromatic heterocycles. The second-order valence-corrected chi connectivity index (χ2v) is 5.27. The zero-order valence-corrected chi connectivity index (χ0v) is 12.2. The molecule has 0 radical (unpaired) electrons. The Bertz CT molecular complexity index is 713. The molecule has 2 heterocycles. The summed E-state index contributed by atoms with van der Waals surface area (Å²) in [5.74, 6) is 5.85. The van der Waals surface area contributed by atoms with Crippen LogP contribution in [0.1, 0.15) is 24.1 Å². The van der Waals surface area contributed by atoms with E-state index in [-0.39, 0.29) is 11.9 Å². The monoisotopic (exact) mass is 291 g/mol. The van der Waals surface area contributed by atoms with Gasteiger partial charge in [0.05, 0.1) is 11.9 Å². The first-order chi connectivity index (χ1) is 10.7. The SMILES string of the molecule is NC(=O)[C@H]1CCCN1c1ccc(C#Cc2ccccc2)nc1. The molecule has 1 aliphatic heterocycles. The first kappa shape index (κ1) is 14.2. The second-order valence-electron chi connectivity index (χ2n) is 5.27. The average Bonchev–Trinajstić information content (AvgIpc) is 3.04. The van der Waals surface area contributed by atoms with E-state index in [2.05, 4.69) is 16.8 Å². The molecule has 0 aliphatic carbocycles. The predicted octanol–water partition coefficient (Wildman–Crippen LogP) is 1.94. The van der Waals surface area contributed by atoms with Crippen molar-refractivity contribution in [2.75, 3.05) is 11.4 Å². The number of carbonyl (C=O) groups is 1. The van der Waals surface area contributed by atoms with E-state index in [4.69, 9.17) is 5.73 Å². The van der Waals surface area contributed by atoms with Gasteiger partial charge in [0.15, 0.2) is 0 Å². The quantitative estimate of drug-likeness (QED) is 0.860. The molecule has 2 aromatic rings. The Morgan fingerprint density at radius 2 is 2.00 bits per heavy atom. The van der Waals surface area contributed by atoms with Crippen LogP contribution in [-0.2, 0) is 4.79 Å². The minimum atomic E-state index is -0.273. The Balaban J connectivity index is 1.76. The minimum absolute atomic E-state index is 0.219. The first-order valence-corrected chi connectivity index (χ1v) is 7.33. The van der Waals surface area contributed by atoms with Crippen LogP contribution in [0, 0.1) is 11.8 Å². The highest BCUT2D eigenvalue weighted by Gasteiger charge is 2.29. The van der Waals surface area contributed by atoms with E-state index >= 15 is 0 Å². The standard InChI is InChI=1S/C18H17N3O/c19-18(22)17-7-4-12-21(17)16-11-10-15(20-13-16)9-8-14-5-2-1-3-6-14/h1-3,5-6,10-11,13,17H,4,7,12H2,(H2,19,22)/t17-/m1/s1. The van der Waals surface area contributed by atoms with Crippen LogP contribution < -0.4 is 10.6 Å². The Kier molecular flexibility index (Phi) is 4.06. The van der Waals surface area contributed by atoms with Gasteiger partial charge in [-0.05, 0) is 43.0 Å². The van der Waals surface area contributed by atoms with Crippen molar-refractivity contribution >= 4 is 11.6 Å². The minimum Gasteiger partial charge on any atom is -0.368 e. The highest BCUT2D eigenvalue weighted by molar-refractivity contribution is 5.84. The molecule has 1 fully saturated rings. The number of carbonyl (C=O) groups excluding carboxylic acids is 1. The normalized spacial score (nSPS) is 16.9. The Labute approximate surface area is 130 Å². The third-order valence-corrected chi connectivity index (χ3v) is 3.77. The van der Waals surface area contributed by atoms with E-state index in [0.717, 1.165) is 30.6 Å². The van der Waals surface area contributed by atoms with Gasteiger partial charge in [-0.15, -0.1) is 0 Å². The van der Waals surface area contributed by atoms with Crippen molar-refractivity contribution in [3.63, 3.8) is 0 Å². The maximum absolute atomic E-state index is 11.4. The molecule has 0 saturated carbocycles. The maximum Gasteiger partial charge on any atom is 0.240 e. The Morgan fingerprint density at radius 3 is 2.68 bits per heavy atom. The summed E-state index contributed by atoms with van der Waals surface area (Å²) >= 11 is 0. The lowest BCUT2D eigenvalue weighted by atomic mass is 10.2. The molecule has 0 bridgehead atoms. The summed E-state index contributed by atoms with van der Waals surface area (Å²) in [5, 5.41) is 0. The number of hydrogen-bond donors (Lipinski definition) is 1. The van der Waals surface area contributed by atoms with Gasteiger partial charge in [0.2, 0.25) is 5.91 Å². The van der Waals surface area contributed by atoms with Crippen LogP contribution in [0.2, 0.25) is 0 Å². The van der Waals surface area contributed by atoms with Gasteiger partial charge in [-0.1, -0.05) is 24.1 Å². The van der Waals surface area contributed by atoms with Crippen molar-refractivity contribution in [1.29, 1.82) is 0 Å². The lowest BCUT2D eigenvalue weighted by molar-refractivity contribution is -0.119. The summed E-state index contributed by atoms with van der Waals surface area (Å²) in [6.45, 7) is 0.838. The van der Waals surface area contributed by atoms with Gasteiger partial charge in [-0.3, -0.25) is 4.79 Å². The summed E-state index contributed by atoms with van der Waals surface area (Å²) in [6.07, 6.45) is 3.55. The number of primary amides is 1. The molecule has 1 amide bonds. The van der Waals surface area contributed by atoms with Crippen LogP contribution >= 0.6 is 0 Å². The van der Waals surface area contributed by atoms with Crippen molar-refractivity contribution < 1.29 is 4.79 Å². The topological polar surface area (TPSA) is 59.2 Å². The summed E-state index contributed by atoms with van der Waals surface area (Å²) in [5.41, 5.74) is 8.04. The van der Waals surface area contributed by atoms with Gasteiger partial charge in [0.25, 0.3) is 0 Å². The molecule has 0 spiro atoms. The number of rotatable bonds is 2. The average molecular weight is 291 g/mol. The van der Waals surface area contributed by atoms with Gasteiger partial charge in [-0.2, -0.15) is 0 Å². The molecule has 3 rings (SSSR count). The number of amides is 1. The Hall–Kier alpha value is -2.80. The number of pyridine rings is 1. The fourth-order valence-corrected chi connectivity index (χ4v) is 2.66. The molecular weight excluding hydrogens is 274 g/mol. The van der Waals surface area contributed by atoms with Crippen molar-refractivity contribution in [1.82, 2.24) is 4.98 Å². The lowest BCUT2D eigenvalue weighted by Gasteiger charge is -2.23. The molecular formula is C18H17N3O. The van der Waals surface area contributed by atoms with E-state index in [0.29, 0.717) is 5.69 Å². The summed E-state index contributed by atoms with van der Waals surface area (Å²) in [4.78, 5) is 17.8. The molecule has 22 heavy (non-hydrogen) atoms. The molecule has 1 saturated heterocycles. The highest BCUT2D eigenvalue weighted by atomic mass is 16.1. The molecule has 1 aliphatic rings. The third kappa shape index (κ3) is 3.09. The molecule has 4 nitrogen and oxygen atoms in total. The maximum atomic E-state index is 11.4. The van der Waals surface area contributed by atoms with E-state index in [9.17, 15) is 4.79 Å². The summed E-state index contributed by atoms with van der Waals surface area (Å²) in [6, 6.07) is 13.4. The summed E-state index contributed by atoms with van der Waals surface area (Å²) in [7, 11) is 0. The van der Waals surface area contributed by atoms with Gasteiger partial charge < -0.3 is 10.6 Å². The van der Waals surface area contributed by atoms with Crippen LogP contribution in [0.25, 0.3) is 0 Å². The number of hydrogen-bond acceptors (Lipinski definition) is 3. The predicted molar refractivity (Wildman–Crippen MR) is 86.2 cm³/mol. The molecule has 0 unspecified atom stereocenters. The van der Waals surface area contributed by atoms with Gasteiger partial charge in [-0.25, -0.2) is 4.98 Å². The number of nitrogens with zero attached hydrogens (tertiary/aromatic N) is 2. The fraction of sp³-hybridized carbons (Fsp3) is 0.222. The first-order valence-electron chi connectivity index (χ1n) is 7.33. The fourth-order valence-electron chi connectivity index (χ4n) is 2.66. The van der Waals surface area contributed by atoms with Gasteiger partial charge in [0.1, 0.15) is 11.7 Å². The molecule has 2 N–H and O–H groups in total. The lowest BCUT2D eigenvalue weighted by Crippen LogP contribution is -2.40. The van der Waals surface area contributed by atoms with E-state index < -0.39 is 0 Å². The Morgan fingerprint density at radius 1 is 1.18 bits per heavy atom.